The lowest BCUT2D eigenvalue weighted by molar-refractivity contribution is -0.139. The van der Waals surface area contributed by atoms with Crippen LogP contribution in [0.4, 0.5) is 4.39 Å². The van der Waals surface area contributed by atoms with E-state index in [9.17, 15) is 14.0 Å². The number of thioether (sulfide) groups is 1. The fourth-order valence-electron chi connectivity index (χ4n) is 2.86. The third-order valence-corrected chi connectivity index (χ3v) is 4.97. The SMILES string of the molecule is CCOC(=O)C1=C(C)N=C2S[C@@H](C)C(=O)N2[C@@H]1c1cccc(F)c1. The Kier molecular flexibility index (Phi) is 4.45. The van der Waals surface area contributed by atoms with Crippen LogP contribution in [0.3, 0.4) is 0 Å². The average molecular weight is 348 g/mol. The van der Waals surface area contributed by atoms with Gasteiger partial charge >= 0.3 is 5.97 Å². The number of rotatable bonds is 3. The highest BCUT2D eigenvalue weighted by Gasteiger charge is 2.46. The Hall–Kier alpha value is -2.15. The van der Waals surface area contributed by atoms with Crippen LogP contribution >= 0.6 is 11.8 Å². The predicted molar refractivity (Wildman–Crippen MR) is 89.8 cm³/mol. The first-order chi connectivity index (χ1) is 11.4. The van der Waals surface area contributed by atoms with E-state index in [1.54, 1.807) is 32.9 Å². The summed E-state index contributed by atoms with van der Waals surface area (Å²) in [4.78, 5) is 30.9. The summed E-state index contributed by atoms with van der Waals surface area (Å²) < 4.78 is 18.9. The summed E-state index contributed by atoms with van der Waals surface area (Å²) in [6.07, 6.45) is 0. The maximum Gasteiger partial charge on any atom is 0.338 e. The summed E-state index contributed by atoms with van der Waals surface area (Å²) in [5.74, 6) is -1.11. The lowest BCUT2D eigenvalue weighted by atomic mass is 9.94. The number of fused-ring (bicyclic) bond motifs is 1. The van der Waals surface area contributed by atoms with Crippen LogP contribution in [0.25, 0.3) is 0 Å². The number of esters is 1. The molecule has 1 aromatic carbocycles. The number of hydrogen-bond donors (Lipinski definition) is 0. The minimum atomic E-state index is -0.725. The van der Waals surface area contributed by atoms with Crippen molar-refractivity contribution < 1.29 is 18.7 Å². The molecule has 1 fully saturated rings. The van der Waals surface area contributed by atoms with E-state index in [0.717, 1.165) is 0 Å². The quantitative estimate of drug-likeness (QED) is 0.788. The molecule has 5 nitrogen and oxygen atoms in total. The van der Waals surface area contributed by atoms with Crippen LogP contribution in [0.2, 0.25) is 0 Å². The fourth-order valence-corrected chi connectivity index (χ4v) is 3.89. The number of hydrogen-bond acceptors (Lipinski definition) is 5. The molecule has 2 aliphatic heterocycles. The molecule has 0 unspecified atom stereocenters. The largest absolute Gasteiger partial charge is 0.463 e. The van der Waals surface area contributed by atoms with E-state index in [2.05, 4.69) is 4.99 Å². The van der Waals surface area contributed by atoms with Crippen LogP contribution in [0, 0.1) is 5.82 Å². The second-order valence-electron chi connectivity index (χ2n) is 5.54. The third kappa shape index (κ3) is 2.73. The van der Waals surface area contributed by atoms with E-state index in [1.807, 2.05) is 0 Å². The number of amides is 1. The van der Waals surface area contributed by atoms with E-state index in [0.29, 0.717) is 16.4 Å². The monoisotopic (exact) mass is 348 g/mol. The minimum Gasteiger partial charge on any atom is -0.463 e. The van der Waals surface area contributed by atoms with Crippen molar-refractivity contribution in [2.45, 2.75) is 32.1 Å². The van der Waals surface area contributed by atoms with Crippen LogP contribution in [-0.2, 0) is 14.3 Å². The summed E-state index contributed by atoms with van der Waals surface area (Å²) in [5, 5.41) is 0.237. The summed E-state index contributed by atoms with van der Waals surface area (Å²) in [5.41, 5.74) is 1.28. The molecule has 2 aliphatic rings. The van der Waals surface area contributed by atoms with Crippen molar-refractivity contribution in [2.75, 3.05) is 6.61 Å². The number of nitrogens with zero attached hydrogens (tertiary/aromatic N) is 2. The highest BCUT2D eigenvalue weighted by Crippen LogP contribution is 2.43. The number of carbonyl (C=O) groups excluding carboxylic acids is 2. The normalized spacial score (nSPS) is 23.2. The third-order valence-electron chi connectivity index (χ3n) is 3.92. The van der Waals surface area contributed by atoms with Crippen LogP contribution in [0.15, 0.2) is 40.5 Å². The number of allylic oxidation sites excluding steroid dienone is 1. The summed E-state index contributed by atoms with van der Waals surface area (Å²) in [6.45, 7) is 5.41. The Bertz CT molecular complexity index is 775. The highest BCUT2D eigenvalue weighted by atomic mass is 32.2. The van der Waals surface area contributed by atoms with Crippen molar-refractivity contribution in [1.82, 2.24) is 4.90 Å². The van der Waals surface area contributed by atoms with E-state index >= 15 is 0 Å². The zero-order valence-corrected chi connectivity index (χ0v) is 14.4. The van der Waals surface area contributed by atoms with Gasteiger partial charge < -0.3 is 4.74 Å². The number of aliphatic imine (C=N–C) groups is 1. The van der Waals surface area contributed by atoms with Gasteiger partial charge in [-0.05, 0) is 38.5 Å². The minimum absolute atomic E-state index is 0.151. The standard InChI is InChI=1S/C17H17FN2O3S/c1-4-23-16(22)13-9(2)19-17-20(15(21)10(3)24-17)14(13)11-6-5-7-12(18)8-11/h5-8,10,14H,4H2,1-3H3/t10-,14+/m0/s1. The van der Waals surface area contributed by atoms with E-state index in [-0.39, 0.29) is 23.3 Å². The maximum atomic E-state index is 13.7. The lowest BCUT2D eigenvalue weighted by Crippen LogP contribution is -2.40. The van der Waals surface area contributed by atoms with Gasteiger partial charge in [-0.25, -0.2) is 14.2 Å². The molecule has 2 atom stereocenters. The smallest absolute Gasteiger partial charge is 0.338 e. The van der Waals surface area contributed by atoms with Gasteiger partial charge in [0.25, 0.3) is 0 Å². The number of halogens is 1. The summed E-state index contributed by atoms with van der Waals surface area (Å²) in [7, 11) is 0. The van der Waals surface area contributed by atoms with Crippen LogP contribution in [-0.4, -0.2) is 33.8 Å². The molecule has 0 aromatic heterocycles. The molecule has 3 rings (SSSR count). The molecule has 1 aromatic rings. The zero-order chi connectivity index (χ0) is 17.4. The van der Waals surface area contributed by atoms with Gasteiger partial charge in [-0.15, -0.1) is 0 Å². The predicted octanol–water partition coefficient (Wildman–Crippen LogP) is 3.04. The van der Waals surface area contributed by atoms with Crippen LogP contribution in [0.5, 0.6) is 0 Å². The van der Waals surface area contributed by atoms with Crippen molar-refractivity contribution in [1.29, 1.82) is 0 Å². The van der Waals surface area contributed by atoms with Gasteiger partial charge in [0.15, 0.2) is 5.17 Å². The molecule has 0 spiro atoms. The molecule has 7 heteroatoms. The molecule has 2 heterocycles. The number of benzene rings is 1. The zero-order valence-electron chi connectivity index (χ0n) is 13.6. The van der Waals surface area contributed by atoms with E-state index in [4.69, 9.17) is 4.74 Å². The van der Waals surface area contributed by atoms with Gasteiger partial charge in [-0.3, -0.25) is 9.69 Å². The Morgan fingerprint density at radius 3 is 2.88 bits per heavy atom. The van der Waals surface area contributed by atoms with Crippen molar-refractivity contribution in [3.63, 3.8) is 0 Å². The first-order valence-corrected chi connectivity index (χ1v) is 8.53. The first kappa shape index (κ1) is 16.7. The first-order valence-electron chi connectivity index (χ1n) is 7.65. The Balaban J connectivity index is 2.16. The fraction of sp³-hybridized carbons (Fsp3) is 0.353. The molecule has 0 N–H and O–H groups in total. The molecular weight excluding hydrogens is 331 g/mol. The number of carbonyl (C=O) groups is 2. The summed E-state index contributed by atoms with van der Waals surface area (Å²) in [6, 6.07) is 5.19. The highest BCUT2D eigenvalue weighted by molar-refractivity contribution is 8.15. The van der Waals surface area contributed by atoms with Gasteiger partial charge in [0.1, 0.15) is 5.82 Å². The lowest BCUT2D eigenvalue weighted by Gasteiger charge is -2.33. The Morgan fingerprint density at radius 1 is 1.46 bits per heavy atom. The molecule has 1 amide bonds. The maximum absolute atomic E-state index is 13.7. The van der Waals surface area contributed by atoms with Gasteiger partial charge in [-0.1, -0.05) is 23.9 Å². The topological polar surface area (TPSA) is 59.0 Å². The van der Waals surface area contributed by atoms with Gasteiger partial charge in [0.05, 0.1) is 29.2 Å². The molecule has 1 saturated heterocycles. The molecule has 24 heavy (non-hydrogen) atoms. The van der Waals surface area contributed by atoms with Gasteiger partial charge in [0, 0.05) is 0 Å². The second-order valence-corrected chi connectivity index (χ2v) is 6.85. The van der Waals surface area contributed by atoms with Crippen LogP contribution in [0.1, 0.15) is 32.4 Å². The van der Waals surface area contributed by atoms with Gasteiger partial charge in [-0.2, -0.15) is 0 Å². The molecule has 0 aliphatic carbocycles. The average Bonchev–Trinajstić information content (AvgIpc) is 2.80. The molecular formula is C17H17FN2O3S. The molecule has 0 bridgehead atoms. The van der Waals surface area contributed by atoms with Gasteiger partial charge in [0.2, 0.25) is 5.91 Å². The van der Waals surface area contributed by atoms with E-state index < -0.39 is 17.8 Å². The van der Waals surface area contributed by atoms with Crippen molar-refractivity contribution in [3.8, 4) is 0 Å². The molecule has 126 valence electrons. The Morgan fingerprint density at radius 2 is 2.21 bits per heavy atom. The van der Waals surface area contributed by atoms with Crippen molar-refractivity contribution in [2.24, 2.45) is 4.99 Å². The van der Waals surface area contributed by atoms with Crippen molar-refractivity contribution in [3.05, 3.63) is 46.9 Å². The molecule has 0 radical (unpaired) electrons. The second kappa shape index (κ2) is 6.39. The number of ether oxygens (including phenoxy) is 1. The number of amidine groups is 1. The van der Waals surface area contributed by atoms with E-state index in [1.165, 1.54) is 28.8 Å². The van der Waals surface area contributed by atoms with Crippen LogP contribution < -0.4 is 0 Å². The Labute approximate surface area is 143 Å². The summed E-state index contributed by atoms with van der Waals surface area (Å²) >= 11 is 1.34. The van der Waals surface area contributed by atoms with Crippen molar-refractivity contribution >= 4 is 28.8 Å². The molecule has 0 saturated carbocycles.